The van der Waals surface area contributed by atoms with Crippen LogP contribution in [0.15, 0.2) is 24.3 Å². The van der Waals surface area contributed by atoms with E-state index < -0.39 is 0 Å². The van der Waals surface area contributed by atoms with Crippen LogP contribution in [0.4, 0.5) is 4.79 Å². The minimum absolute atomic E-state index is 0.0663. The number of fused-ring (bicyclic) bond motifs is 1. The van der Waals surface area contributed by atoms with Gasteiger partial charge in [-0.25, -0.2) is 4.79 Å². The molecule has 1 aromatic carbocycles. The van der Waals surface area contributed by atoms with Gasteiger partial charge >= 0.3 is 6.09 Å². The van der Waals surface area contributed by atoms with Gasteiger partial charge in [-0.15, -0.1) is 0 Å². The van der Waals surface area contributed by atoms with Crippen LogP contribution in [0.5, 0.6) is 0 Å². The second kappa shape index (κ2) is 8.06. The van der Waals surface area contributed by atoms with Gasteiger partial charge in [0.1, 0.15) is 6.10 Å². The van der Waals surface area contributed by atoms with Crippen LogP contribution in [0.3, 0.4) is 0 Å². The standard InChI is InChI=1S/C18H27NO2/c1-3-5-14-19(13-4-2)18(20)21-17-12-8-10-15-9-6-7-11-16(15)17/h6-7,9,11,17H,3-5,8,10,12-14H2,1-2H3. The first kappa shape index (κ1) is 15.9. The molecular formula is C18H27NO2. The largest absolute Gasteiger partial charge is 0.441 e. The Hall–Kier alpha value is -1.51. The first-order chi connectivity index (χ1) is 10.3. The highest BCUT2D eigenvalue weighted by molar-refractivity contribution is 5.68. The summed E-state index contributed by atoms with van der Waals surface area (Å²) in [5.41, 5.74) is 2.53. The lowest BCUT2D eigenvalue weighted by Crippen LogP contribution is -2.34. The fraction of sp³-hybridized carbons (Fsp3) is 0.611. The van der Waals surface area contributed by atoms with Crippen molar-refractivity contribution in [1.82, 2.24) is 4.90 Å². The Labute approximate surface area is 128 Å². The predicted molar refractivity (Wildman–Crippen MR) is 85.4 cm³/mol. The molecule has 0 fully saturated rings. The minimum Gasteiger partial charge on any atom is -0.441 e. The highest BCUT2D eigenvalue weighted by Crippen LogP contribution is 2.32. The molecule has 0 spiro atoms. The molecule has 21 heavy (non-hydrogen) atoms. The first-order valence-corrected chi connectivity index (χ1v) is 8.29. The van der Waals surface area contributed by atoms with Gasteiger partial charge in [0.25, 0.3) is 0 Å². The maximum absolute atomic E-state index is 12.4. The van der Waals surface area contributed by atoms with Crippen molar-refractivity contribution in [2.75, 3.05) is 13.1 Å². The quantitative estimate of drug-likeness (QED) is 0.759. The van der Waals surface area contributed by atoms with Crippen molar-refractivity contribution in [3.05, 3.63) is 35.4 Å². The van der Waals surface area contributed by atoms with Crippen molar-refractivity contribution in [3.63, 3.8) is 0 Å². The van der Waals surface area contributed by atoms with E-state index in [-0.39, 0.29) is 12.2 Å². The lowest BCUT2D eigenvalue weighted by Gasteiger charge is -2.29. The van der Waals surface area contributed by atoms with E-state index in [4.69, 9.17) is 4.74 Å². The molecule has 1 atom stereocenters. The van der Waals surface area contributed by atoms with Crippen molar-refractivity contribution in [2.24, 2.45) is 0 Å². The van der Waals surface area contributed by atoms with Gasteiger partial charge in [0.05, 0.1) is 0 Å². The summed E-state index contributed by atoms with van der Waals surface area (Å²) < 4.78 is 5.82. The zero-order chi connectivity index (χ0) is 15.1. The summed E-state index contributed by atoms with van der Waals surface area (Å²) in [5, 5.41) is 0. The molecule has 1 unspecified atom stereocenters. The second-order valence-corrected chi connectivity index (χ2v) is 5.80. The number of unbranched alkanes of at least 4 members (excludes halogenated alkanes) is 1. The van der Waals surface area contributed by atoms with E-state index in [1.165, 1.54) is 11.1 Å². The highest BCUT2D eigenvalue weighted by Gasteiger charge is 2.25. The normalized spacial score (nSPS) is 17.1. The fourth-order valence-electron chi connectivity index (χ4n) is 2.94. The molecule has 3 nitrogen and oxygen atoms in total. The molecule has 0 radical (unpaired) electrons. The minimum atomic E-state index is -0.146. The summed E-state index contributed by atoms with van der Waals surface area (Å²) in [4.78, 5) is 14.3. The van der Waals surface area contributed by atoms with Gasteiger partial charge in [0, 0.05) is 13.1 Å². The number of ether oxygens (including phenoxy) is 1. The Morgan fingerprint density at radius 1 is 1.24 bits per heavy atom. The van der Waals surface area contributed by atoms with Crippen LogP contribution in [-0.2, 0) is 11.2 Å². The number of carbonyl (C=O) groups is 1. The maximum atomic E-state index is 12.4. The fourth-order valence-corrected chi connectivity index (χ4v) is 2.94. The van der Waals surface area contributed by atoms with Gasteiger partial charge in [-0.3, -0.25) is 0 Å². The third-order valence-corrected chi connectivity index (χ3v) is 4.09. The van der Waals surface area contributed by atoms with Gasteiger partial charge in [-0.05, 0) is 43.2 Å². The molecule has 1 amide bonds. The lowest BCUT2D eigenvalue weighted by atomic mass is 9.89. The number of hydrogen-bond donors (Lipinski definition) is 0. The first-order valence-electron chi connectivity index (χ1n) is 8.29. The molecule has 1 aliphatic carbocycles. The van der Waals surface area contributed by atoms with Crippen LogP contribution in [0.2, 0.25) is 0 Å². The SMILES string of the molecule is CCCCN(CCC)C(=O)OC1CCCc2ccccc21. The molecule has 0 bridgehead atoms. The number of carbonyl (C=O) groups excluding carboxylic acids is 1. The Morgan fingerprint density at radius 2 is 2.05 bits per heavy atom. The van der Waals surface area contributed by atoms with Crippen molar-refractivity contribution < 1.29 is 9.53 Å². The molecule has 3 heteroatoms. The summed E-state index contributed by atoms with van der Waals surface area (Å²) in [6.45, 7) is 5.83. The van der Waals surface area contributed by atoms with Gasteiger partial charge < -0.3 is 9.64 Å². The summed E-state index contributed by atoms with van der Waals surface area (Å²) in [7, 11) is 0. The van der Waals surface area contributed by atoms with Gasteiger partial charge in [-0.2, -0.15) is 0 Å². The Bertz CT molecular complexity index is 458. The molecule has 2 rings (SSSR count). The highest BCUT2D eigenvalue weighted by atomic mass is 16.6. The average Bonchev–Trinajstić information content (AvgIpc) is 2.51. The van der Waals surface area contributed by atoms with E-state index in [0.29, 0.717) is 0 Å². The summed E-state index contributed by atoms with van der Waals surface area (Å²) in [6, 6.07) is 8.35. The number of rotatable bonds is 6. The molecule has 1 aliphatic rings. The number of benzene rings is 1. The molecule has 0 aliphatic heterocycles. The average molecular weight is 289 g/mol. The van der Waals surface area contributed by atoms with Crippen molar-refractivity contribution >= 4 is 6.09 Å². The molecule has 0 saturated carbocycles. The van der Waals surface area contributed by atoms with Crippen LogP contribution in [0.1, 0.15) is 63.2 Å². The third-order valence-electron chi connectivity index (χ3n) is 4.09. The molecule has 116 valence electrons. The van der Waals surface area contributed by atoms with Gasteiger partial charge in [0.2, 0.25) is 0 Å². The van der Waals surface area contributed by atoms with E-state index in [1.807, 2.05) is 11.0 Å². The summed E-state index contributed by atoms with van der Waals surface area (Å²) in [5.74, 6) is 0. The van der Waals surface area contributed by atoms with Gasteiger partial charge in [0.15, 0.2) is 0 Å². The van der Waals surface area contributed by atoms with Crippen LogP contribution >= 0.6 is 0 Å². The van der Waals surface area contributed by atoms with Crippen LogP contribution in [-0.4, -0.2) is 24.1 Å². The zero-order valence-corrected chi connectivity index (χ0v) is 13.3. The number of nitrogens with zero attached hydrogens (tertiary/aromatic N) is 1. The van der Waals surface area contributed by atoms with Gasteiger partial charge in [-0.1, -0.05) is 44.5 Å². The molecule has 1 aromatic rings. The van der Waals surface area contributed by atoms with Crippen molar-refractivity contribution in [2.45, 2.75) is 58.5 Å². The Balaban J connectivity index is 2.01. The zero-order valence-electron chi connectivity index (χ0n) is 13.3. The summed E-state index contributed by atoms with van der Waals surface area (Å²) in [6.07, 6.45) is 6.03. The topological polar surface area (TPSA) is 29.5 Å². The molecule has 0 aromatic heterocycles. The lowest BCUT2D eigenvalue weighted by molar-refractivity contribution is 0.0541. The van der Waals surface area contributed by atoms with E-state index in [0.717, 1.165) is 51.6 Å². The number of amides is 1. The van der Waals surface area contributed by atoms with Crippen molar-refractivity contribution in [1.29, 1.82) is 0 Å². The Morgan fingerprint density at radius 3 is 2.81 bits per heavy atom. The van der Waals surface area contributed by atoms with Crippen molar-refractivity contribution in [3.8, 4) is 0 Å². The Kier molecular flexibility index (Phi) is 6.09. The van der Waals surface area contributed by atoms with E-state index in [9.17, 15) is 4.79 Å². The van der Waals surface area contributed by atoms with Crippen LogP contribution < -0.4 is 0 Å². The van der Waals surface area contributed by atoms with Crippen LogP contribution in [0.25, 0.3) is 0 Å². The monoisotopic (exact) mass is 289 g/mol. The maximum Gasteiger partial charge on any atom is 0.410 e. The number of hydrogen-bond acceptors (Lipinski definition) is 2. The molecule has 0 heterocycles. The molecular weight excluding hydrogens is 262 g/mol. The summed E-state index contributed by atoms with van der Waals surface area (Å²) >= 11 is 0. The van der Waals surface area contributed by atoms with E-state index in [1.54, 1.807) is 0 Å². The second-order valence-electron chi connectivity index (χ2n) is 5.80. The number of aryl methyl sites for hydroxylation is 1. The predicted octanol–water partition coefficient (Wildman–Crippen LogP) is 4.71. The van der Waals surface area contributed by atoms with Crippen LogP contribution in [0, 0.1) is 0 Å². The molecule has 0 saturated heterocycles. The molecule has 0 N–H and O–H groups in total. The van der Waals surface area contributed by atoms with E-state index in [2.05, 4.69) is 32.0 Å². The smallest absolute Gasteiger partial charge is 0.410 e. The third kappa shape index (κ3) is 4.23. The van der Waals surface area contributed by atoms with E-state index >= 15 is 0 Å².